The van der Waals surface area contributed by atoms with Gasteiger partial charge in [0.15, 0.2) is 11.5 Å². The quantitative estimate of drug-likeness (QED) is 0.0770. The topological polar surface area (TPSA) is 161 Å². The first-order valence-corrected chi connectivity index (χ1v) is 17.7. The van der Waals surface area contributed by atoms with Gasteiger partial charge in [-0.25, -0.2) is 19.6 Å². The van der Waals surface area contributed by atoms with E-state index in [9.17, 15) is 46.1 Å². The molecule has 6 aromatic rings. The molecule has 0 unspecified atom stereocenters. The molecule has 0 saturated heterocycles. The summed E-state index contributed by atoms with van der Waals surface area (Å²) >= 11 is 0. The Hall–Kier alpha value is -7.50. The zero-order chi connectivity index (χ0) is 43.5. The monoisotopic (exact) mass is 836 g/mol. The van der Waals surface area contributed by atoms with Crippen molar-refractivity contribution in [2.45, 2.75) is 26.6 Å². The van der Waals surface area contributed by atoms with Crippen LogP contribution in [0.5, 0.6) is 23.0 Å². The predicted octanol–water partition coefficient (Wildman–Crippen LogP) is 11.0. The van der Waals surface area contributed by atoms with Crippen molar-refractivity contribution in [3.8, 4) is 45.3 Å². The van der Waals surface area contributed by atoms with Crippen LogP contribution in [0.1, 0.15) is 34.6 Å². The van der Waals surface area contributed by atoms with Crippen LogP contribution in [0, 0.1) is 0 Å². The second kappa shape index (κ2) is 19.3. The van der Waals surface area contributed by atoms with E-state index in [1.165, 1.54) is 60.9 Å². The minimum Gasteiger partial charge on any atom is -0.494 e. The van der Waals surface area contributed by atoms with Crippen LogP contribution in [0.2, 0.25) is 0 Å². The van der Waals surface area contributed by atoms with Gasteiger partial charge in [0.05, 0.1) is 24.6 Å². The van der Waals surface area contributed by atoms with Gasteiger partial charge in [-0.1, -0.05) is 36.4 Å². The summed E-state index contributed by atoms with van der Waals surface area (Å²) in [4.78, 5) is 30.5. The molecule has 0 saturated carbocycles. The number of aromatic nitrogens is 2. The lowest BCUT2D eigenvalue weighted by molar-refractivity contribution is -0.275. The molecule has 0 radical (unpaired) electrons. The zero-order valence-electron chi connectivity index (χ0n) is 31.5. The molecule has 6 rings (SSSR count). The molecule has 60 heavy (non-hydrogen) atoms. The fourth-order valence-electron chi connectivity index (χ4n) is 5.50. The van der Waals surface area contributed by atoms with Crippen LogP contribution in [0.3, 0.4) is 0 Å². The van der Waals surface area contributed by atoms with E-state index in [4.69, 9.17) is 9.47 Å². The molecule has 2 heterocycles. The zero-order valence-corrected chi connectivity index (χ0v) is 31.5. The highest BCUT2D eigenvalue weighted by Gasteiger charge is 2.33. The number of carbonyl (C=O) groups is 2. The smallest absolute Gasteiger partial charge is 0.494 e. The lowest BCUT2D eigenvalue weighted by atomic mass is 10.0. The van der Waals surface area contributed by atoms with Gasteiger partial charge in [-0.2, -0.15) is 0 Å². The molecule has 0 amide bonds. The third-order valence-corrected chi connectivity index (χ3v) is 7.95. The number of halogens is 6. The van der Waals surface area contributed by atoms with Gasteiger partial charge in [0.1, 0.15) is 34.3 Å². The molecular weight excluding hydrogens is 802 g/mol. The van der Waals surface area contributed by atoms with Crippen LogP contribution >= 0.6 is 0 Å². The van der Waals surface area contributed by atoms with Crippen molar-refractivity contribution < 1.29 is 65.1 Å². The molecule has 0 atom stereocenters. The van der Waals surface area contributed by atoms with Gasteiger partial charge >= 0.3 is 24.7 Å². The fourth-order valence-corrected chi connectivity index (χ4v) is 5.50. The first-order valence-electron chi connectivity index (χ1n) is 17.7. The normalized spacial score (nSPS) is 11.1. The molecule has 18 heteroatoms. The second-order valence-electron chi connectivity index (χ2n) is 12.1. The summed E-state index contributed by atoms with van der Waals surface area (Å²) in [5.41, 5.74) is 1.62. The Morgan fingerprint density at radius 2 is 0.933 bits per heavy atom. The van der Waals surface area contributed by atoms with Gasteiger partial charge in [0.25, 0.3) is 0 Å². The van der Waals surface area contributed by atoms with Crippen LogP contribution < -0.4 is 29.6 Å². The lowest BCUT2D eigenvalue weighted by Crippen LogP contribution is -2.18. The maximum Gasteiger partial charge on any atom is 0.573 e. The van der Waals surface area contributed by atoms with Crippen molar-refractivity contribution >= 4 is 34.9 Å². The van der Waals surface area contributed by atoms with E-state index in [2.05, 4.69) is 30.1 Å². The van der Waals surface area contributed by atoms with Gasteiger partial charge in [0, 0.05) is 12.4 Å². The third-order valence-electron chi connectivity index (χ3n) is 7.95. The van der Waals surface area contributed by atoms with Crippen molar-refractivity contribution in [3.63, 3.8) is 0 Å². The maximum absolute atomic E-state index is 13.0. The van der Waals surface area contributed by atoms with Gasteiger partial charge < -0.3 is 39.8 Å². The van der Waals surface area contributed by atoms with Crippen LogP contribution in [0.25, 0.3) is 22.3 Å². The number of hydrogen-bond donors (Lipinski definition) is 4. The van der Waals surface area contributed by atoms with Gasteiger partial charge in [-0.3, -0.25) is 0 Å². The number of carboxylic acid groups (broad SMARTS) is 2. The molecule has 0 fully saturated rings. The van der Waals surface area contributed by atoms with Crippen molar-refractivity contribution in [1.82, 2.24) is 9.97 Å². The largest absolute Gasteiger partial charge is 0.573 e. The minimum absolute atomic E-state index is 0.0850. The van der Waals surface area contributed by atoms with E-state index in [1.54, 1.807) is 60.7 Å². The molecule has 0 aliphatic carbocycles. The van der Waals surface area contributed by atoms with Gasteiger partial charge in [0.2, 0.25) is 0 Å². The van der Waals surface area contributed by atoms with E-state index < -0.39 is 36.2 Å². The number of alkyl halides is 6. The first-order chi connectivity index (χ1) is 28.5. The van der Waals surface area contributed by atoms with Crippen molar-refractivity contribution in [3.05, 3.63) is 133 Å². The first kappa shape index (κ1) is 43.6. The van der Waals surface area contributed by atoms with E-state index in [-0.39, 0.29) is 34.1 Å². The summed E-state index contributed by atoms with van der Waals surface area (Å²) in [6.45, 7) is 4.55. The van der Waals surface area contributed by atoms with Crippen molar-refractivity contribution in [1.29, 1.82) is 0 Å². The Morgan fingerprint density at radius 3 is 1.28 bits per heavy atom. The Bertz CT molecular complexity index is 2280. The number of carboxylic acids is 2. The molecule has 12 nitrogen and oxygen atoms in total. The summed E-state index contributed by atoms with van der Waals surface area (Å²) in [5.74, 6) is -2.65. The highest BCUT2D eigenvalue weighted by Crippen LogP contribution is 2.39. The molecule has 312 valence electrons. The molecule has 2 aromatic heterocycles. The Morgan fingerprint density at radius 1 is 0.550 bits per heavy atom. The van der Waals surface area contributed by atoms with Crippen molar-refractivity contribution in [2.24, 2.45) is 0 Å². The van der Waals surface area contributed by atoms with Crippen LogP contribution in [-0.4, -0.2) is 58.1 Å². The molecular formula is C42H34F6N4O8. The third kappa shape index (κ3) is 12.3. The van der Waals surface area contributed by atoms with E-state index in [0.29, 0.717) is 47.0 Å². The number of anilines is 4. The minimum atomic E-state index is -4.94. The number of rotatable bonds is 14. The number of benzene rings is 4. The number of hydrogen-bond acceptors (Lipinski definition) is 10. The van der Waals surface area contributed by atoms with E-state index in [0.717, 1.165) is 0 Å². The van der Waals surface area contributed by atoms with Crippen molar-refractivity contribution in [2.75, 3.05) is 23.8 Å². The number of nitrogens with zero attached hydrogens (tertiary/aromatic N) is 2. The van der Waals surface area contributed by atoms with E-state index >= 15 is 0 Å². The predicted molar refractivity (Wildman–Crippen MR) is 208 cm³/mol. The number of aromatic carboxylic acids is 2. The standard InChI is InChI=1S/2C21H17F3N2O4/c2*1-2-29-15-6-3-5-13(11-15)14-8-9-17(18(12-14)30-21(22,23)24)26-19-16(20(27)28)7-4-10-25-19/h2*3-12H,2H2,1H3,(H,25,26)(H,27,28). The second-order valence-corrected chi connectivity index (χ2v) is 12.1. The highest BCUT2D eigenvalue weighted by molar-refractivity contribution is 5.95. The average Bonchev–Trinajstić information content (AvgIpc) is 3.19. The summed E-state index contributed by atoms with van der Waals surface area (Å²) in [6.07, 6.45) is -7.23. The molecule has 4 aromatic carbocycles. The van der Waals surface area contributed by atoms with E-state index in [1.807, 2.05) is 13.8 Å². The highest BCUT2D eigenvalue weighted by atomic mass is 19.4. The summed E-state index contributed by atoms with van der Waals surface area (Å²) in [7, 11) is 0. The van der Waals surface area contributed by atoms with Crippen LogP contribution in [0.15, 0.2) is 122 Å². The molecule has 0 aliphatic heterocycles. The molecule has 4 N–H and O–H groups in total. The average molecular weight is 837 g/mol. The Balaban J connectivity index is 0.000000228. The van der Waals surface area contributed by atoms with Gasteiger partial charge in [-0.15, -0.1) is 26.3 Å². The maximum atomic E-state index is 13.0. The summed E-state index contributed by atoms with van der Waals surface area (Å²) in [6, 6.07) is 27.5. The summed E-state index contributed by atoms with van der Waals surface area (Å²) < 4.78 is 97.1. The van der Waals surface area contributed by atoms with Crippen LogP contribution in [0.4, 0.5) is 49.4 Å². The lowest BCUT2D eigenvalue weighted by Gasteiger charge is -2.17. The summed E-state index contributed by atoms with van der Waals surface area (Å²) in [5, 5.41) is 23.7. The van der Waals surface area contributed by atoms with Crippen LogP contribution in [-0.2, 0) is 0 Å². The molecule has 0 spiro atoms. The fraction of sp³-hybridized carbons (Fsp3) is 0.143. The Kier molecular flexibility index (Phi) is 14.0. The number of pyridine rings is 2. The van der Waals surface area contributed by atoms with Gasteiger partial charge in [-0.05, 0) is 109 Å². The molecule has 0 aliphatic rings. The number of nitrogens with one attached hydrogen (secondary N) is 2. The SMILES string of the molecule is CCOc1cccc(-c2ccc(Nc3ncccc3C(=O)O)c(OC(F)(F)F)c2)c1.CCOc1cccc(-c2ccc(Nc3ncccc3C(=O)O)c(OC(F)(F)F)c2)c1. The number of ether oxygens (including phenoxy) is 4. The Labute approximate surface area is 338 Å². The molecule has 0 bridgehead atoms.